The van der Waals surface area contributed by atoms with Gasteiger partial charge in [0.2, 0.25) is 0 Å². The van der Waals surface area contributed by atoms with Crippen molar-refractivity contribution in [2.75, 3.05) is 14.2 Å². The zero-order chi connectivity index (χ0) is 17.1. The van der Waals surface area contributed by atoms with Crippen LogP contribution in [0.4, 0.5) is 5.69 Å². The highest BCUT2D eigenvalue weighted by Crippen LogP contribution is 2.33. The summed E-state index contributed by atoms with van der Waals surface area (Å²) in [5.74, 6) is 0.0198. The molecule has 0 N–H and O–H groups in total. The van der Waals surface area contributed by atoms with E-state index in [2.05, 4.69) is 4.99 Å². The fraction of sp³-hybridized carbons (Fsp3) is 0.118. The number of amides is 1. The van der Waals surface area contributed by atoms with Crippen molar-refractivity contribution < 1.29 is 18.7 Å². The maximum atomic E-state index is 12.3. The standard InChI is InChI=1S/C17H14N2O4S/c1-19-15(20)14(10-13-7-4-8-23-13)24-17(19)18-12-6-3-5-11(9-12)16(21)22-2/h3-10H,1-2H3. The quantitative estimate of drug-likeness (QED) is 0.632. The fourth-order valence-electron chi connectivity index (χ4n) is 2.08. The van der Waals surface area contributed by atoms with Crippen LogP contribution in [0.2, 0.25) is 0 Å². The number of aliphatic imine (C=N–C) groups is 1. The lowest BCUT2D eigenvalue weighted by atomic mass is 10.2. The van der Waals surface area contributed by atoms with E-state index in [0.29, 0.717) is 27.1 Å². The molecule has 1 fully saturated rings. The number of hydrogen-bond donors (Lipinski definition) is 0. The molecular weight excluding hydrogens is 328 g/mol. The Labute approximate surface area is 142 Å². The molecule has 0 radical (unpaired) electrons. The number of benzene rings is 1. The molecule has 1 saturated heterocycles. The average Bonchev–Trinajstić information content (AvgIpc) is 3.19. The Morgan fingerprint density at radius 2 is 2.17 bits per heavy atom. The van der Waals surface area contributed by atoms with Gasteiger partial charge in [0, 0.05) is 13.1 Å². The van der Waals surface area contributed by atoms with E-state index in [4.69, 9.17) is 9.15 Å². The summed E-state index contributed by atoms with van der Waals surface area (Å²) in [6.45, 7) is 0. The van der Waals surface area contributed by atoms with Crippen molar-refractivity contribution in [1.29, 1.82) is 0 Å². The van der Waals surface area contributed by atoms with E-state index in [0.717, 1.165) is 0 Å². The molecule has 1 aliphatic rings. The number of nitrogens with zero attached hydrogens (tertiary/aromatic N) is 2. The predicted molar refractivity (Wildman–Crippen MR) is 91.9 cm³/mol. The largest absolute Gasteiger partial charge is 0.465 e. The second kappa shape index (κ2) is 6.76. The Morgan fingerprint density at radius 1 is 1.33 bits per heavy atom. The van der Waals surface area contributed by atoms with E-state index < -0.39 is 5.97 Å². The Kier molecular flexibility index (Phi) is 4.52. The third-order valence-corrected chi connectivity index (χ3v) is 4.37. The van der Waals surface area contributed by atoms with E-state index in [1.807, 2.05) is 0 Å². The zero-order valence-electron chi connectivity index (χ0n) is 13.1. The molecule has 0 bridgehead atoms. The molecule has 3 rings (SSSR count). The van der Waals surface area contributed by atoms with Crippen LogP contribution in [0, 0.1) is 0 Å². The summed E-state index contributed by atoms with van der Waals surface area (Å²) in [4.78, 5) is 30.3. The minimum Gasteiger partial charge on any atom is -0.465 e. The number of carbonyl (C=O) groups excluding carboxylic acids is 2. The van der Waals surface area contributed by atoms with Gasteiger partial charge in [-0.05, 0) is 42.1 Å². The molecule has 1 amide bonds. The van der Waals surface area contributed by atoms with Gasteiger partial charge >= 0.3 is 5.97 Å². The first-order valence-corrected chi connectivity index (χ1v) is 7.88. The summed E-state index contributed by atoms with van der Waals surface area (Å²) in [6, 6.07) is 10.3. The van der Waals surface area contributed by atoms with E-state index in [1.165, 1.54) is 23.8 Å². The van der Waals surface area contributed by atoms with Crippen molar-refractivity contribution >= 4 is 40.6 Å². The monoisotopic (exact) mass is 342 g/mol. The molecular formula is C17H14N2O4S. The third kappa shape index (κ3) is 3.26. The zero-order valence-corrected chi connectivity index (χ0v) is 13.9. The lowest BCUT2D eigenvalue weighted by molar-refractivity contribution is -0.121. The van der Waals surface area contributed by atoms with Gasteiger partial charge < -0.3 is 9.15 Å². The van der Waals surface area contributed by atoms with Crippen LogP contribution in [0.1, 0.15) is 16.1 Å². The number of rotatable bonds is 3. The molecule has 0 saturated carbocycles. The second-order valence-electron chi connectivity index (χ2n) is 4.93. The van der Waals surface area contributed by atoms with Gasteiger partial charge in [0.05, 0.1) is 29.5 Å². The maximum Gasteiger partial charge on any atom is 0.337 e. The Balaban J connectivity index is 1.88. The van der Waals surface area contributed by atoms with Crippen LogP contribution in [0.3, 0.4) is 0 Å². The summed E-state index contributed by atoms with van der Waals surface area (Å²) in [6.07, 6.45) is 3.23. The molecule has 2 heterocycles. The number of likely N-dealkylation sites (N-methyl/N-ethyl adjacent to an activating group) is 1. The van der Waals surface area contributed by atoms with E-state index >= 15 is 0 Å². The number of esters is 1. The minimum atomic E-state index is -0.432. The van der Waals surface area contributed by atoms with E-state index in [9.17, 15) is 9.59 Å². The number of amidine groups is 1. The van der Waals surface area contributed by atoms with Gasteiger partial charge in [-0.3, -0.25) is 9.69 Å². The highest BCUT2D eigenvalue weighted by molar-refractivity contribution is 8.18. The fourth-order valence-corrected chi connectivity index (χ4v) is 3.05. The Bertz CT molecular complexity index is 840. The number of ether oxygens (including phenoxy) is 1. The lowest BCUT2D eigenvalue weighted by Crippen LogP contribution is -2.23. The number of carbonyl (C=O) groups is 2. The number of hydrogen-bond acceptors (Lipinski definition) is 6. The summed E-state index contributed by atoms with van der Waals surface area (Å²) < 4.78 is 9.93. The molecule has 1 aromatic heterocycles. The highest BCUT2D eigenvalue weighted by atomic mass is 32.2. The van der Waals surface area contributed by atoms with Crippen molar-refractivity contribution in [3.05, 3.63) is 58.9 Å². The van der Waals surface area contributed by atoms with Gasteiger partial charge in [-0.1, -0.05) is 6.07 Å². The number of furan rings is 1. The van der Waals surface area contributed by atoms with Crippen LogP contribution in [0.5, 0.6) is 0 Å². The van der Waals surface area contributed by atoms with Crippen LogP contribution in [0.15, 0.2) is 57.0 Å². The molecule has 122 valence electrons. The molecule has 6 nitrogen and oxygen atoms in total. The van der Waals surface area contributed by atoms with Crippen molar-refractivity contribution in [2.24, 2.45) is 4.99 Å². The molecule has 1 aromatic carbocycles. The van der Waals surface area contributed by atoms with Gasteiger partial charge in [-0.25, -0.2) is 9.79 Å². The van der Waals surface area contributed by atoms with E-state index in [-0.39, 0.29) is 5.91 Å². The van der Waals surface area contributed by atoms with Crippen molar-refractivity contribution in [3.63, 3.8) is 0 Å². The molecule has 0 aliphatic carbocycles. The lowest BCUT2D eigenvalue weighted by Gasteiger charge is -2.07. The van der Waals surface area contributed by atoms with Crippen LogP contribution in [-0.4, -0.2) is 36.1 Å². The Morgan fingerprint density at radius 3 is 2.88 bits per heavy atom. The first-order chi connectivity index (χ1) is 11.6. The topological polar surface area (TPSA) is 72.1 Å². The molecule has 24 heavy (non-hydrogen) atoms. The number of methoxy groups -OCH3 is 1. The molecule has 0 unspecified atom stereocenters. The maximum absolute atomic E-state index is 12.3. The van der Waals surface area contributed by atoms with Gasteiger partial charge in [0.1, 0.15) is 5.76 Å². The predicted octanol–water partition coefficient (Wildman–Crippen LogP) is 3.30. The SMILES string of the molecule is COC(=O)c1cccc(N=C2SC(=Cc3ccco3)C(=O)N2C)c1. The van der Waals surface area contributed by atoms with Crippen LogP contribution < -0.4 is 0 Å². The van der Waals surface area contributed by atoms with Gasteiger partial charge in [-0.15, -0.1) is 0 Å². The molecule has 1 aliphatic heterocycles. The van der Waals surface area contributed by atoms with Gasteiger partial charge in [0.25, 0.3) is 5.91 Å². The second-order valence-corrected chi connectivity index (χ2v) is 5.94. The van der Waals surface area contributed by atoms with Crippen LogP contribution in [-0.2, 0) is 9.53 Å². The Hall–Kier alpha value is -2.80. The third-order valence-electron chi connectivity index (χ3n) is 3.31. The highest BCUT2D eigenvalue weighted by Gasteiger charge is 2.30. The summed E-state index contributed by atoms with van der Waals surface area (Å²) in [5, 5.41) is 0.528. The van der Waals surface area contributed by atoms with Gasteiger partial charge in [0.15, 0.2) is 5.17 Å². The molecule has 2 aromatic rings. The normalized spacial score (nSPS) is 17.8. The summed E-state index contributed by atoms with van der Waals surface area (Å²) in [5.41, 5.74) is 0.974. The summed E-state index contributed by atoms with van der Waals surface area (Å²) >= 11 is 1.25. The molecule has 0 spiro atoms. The van der Waals surface area contributed by atoms with E-state index in [1.54, 1.807) is 55.8 Å². The van der Waals surface area contributed by atoms with Crippen LogP contribution in [0.25, 0.3) is 6.08 Å². The van der Waals surface area contributed by atoms with Gasteiger partial charge in [-0.2, -0.15) is 0 Å². The average molecular weight is 342 g/mol. The van der Waals surface area contributed by atoms with Crippen molar-refractivity contribution in [3.8, 4) is 0 Å². The first-order valence-electron chi connectivity index (χ1n) is 7.06. The summed E-state index contributed by atoms with van der Waals surface area (Å²) in [7, 11) is 2.98. The van der Waals surface area contributed by atoms with Crippen molar-refractivity contribution in [1.82, 2.24) is 4.90 Å². The minimum absolute atomic E-state index is 0.153. The molecule has 7 heteroatoms. The first kappa shape index (κ1) is 16.1. The number of thioether (sulfide) groups is 1. The smallest absolute Gasteiger partial charge is 0.337 e. The molecule has 0 atom stereocenters. The van der Waals surface area contributed by atoms with Crippen LogP contribution >= 0.6 is 11.8 Å². The van der Waals surface area contributed by atoms with Crippen molar-refractivity contribution in [2.45, 2.75) is 0 Å².